The van der Waals surface area contributed by atoms with Gasteiger partial charge in [0.1, 0.15) is 17.8 Å². The summed E-state index contributed by atoms with van der Waals surface area (Å²) in [6, 6.07) is 13.2. The highest BCUT2D eigenvalue weighted by atomic mass is 32.1. The maximum atomic E-state index is 13.7. The molecule has 13 heteroatoms. The van der Waals surface area contributed by atoms with Gasteiger partial charge >= 0.3 is 12.6 Å². The summed E-state index contributed by atoms with van der Waals surface area (Å²) >= 11 is 1.49. The van der Waals surface area contributed by atoms with Gasteiger partial charge in [0.2, 0.25) is 0 Å². The maximum absolute atomic E-state index is 13.7. The number of carbonyl (C=O) groups is 3. The van der Waals surface area contributed by atoms with Gasteiger partial charge < -0.3 is 19.5 Å². The van der Waals surface area contributed by atoms with Crippen molar-refractivity contribution in [1.29, 1.82) is 0 Å². The van der Waals surface area contributed by atoms with Crippen LogP contribution in [0.5, 0.6) is 17.2 Å². The Kier molecular flexibility index (Phi) is 7.63. The Balaban J connectivity index is 1.40. The van der Waals surface area contributed by atoms with Gasteiger partial charge in [0.15, 0.2) is 11.5 Å². The fraction of sp³-hybridized carbons (Fsp3) is 0.286. The summed E-state index contributed by atoms with van der Waals surface area (Å²) < 4.78 is 40.2. The predicted octanol–water partition coefficient (Wildman–Crippen LogP) is 4.51. The molecule has 2 atom stereocenters. The third kappa shape index (κ3) is 5.32. The number of nitrogens with one attached hydrogen (secondary N) is 1. The molecule has 5 rings (SSSR count). The van der Waals surface area contributed by atoms with Crippen LogP contribution in [0.3, 0.4) is 0 Å². The lowest BCUT2D eigenvalue weighted by Gasteiger charge is -2.25. The molecule has 2 aromatic carbocycles. The van der Waals surface area contributed by atoms with E-state index in [1.165, 1.54) is 61.8 Å². The summed E-state index contributed by atoms with van der Waals surface area (Å²) in [4.78, 5) is 41.8. The normalized spacial score (nSPS) is 20.3. The molecule has 0 aliphatic carbocycles. The summed E-state index contributed by atoms with van der Waals surface area (Å²) in [6.07, 6.45) is 0.409. The molecule has 0 radical (unpaired) electrons. The van der Waals surface area contributed by atoms with Gasteiger partial charge in [0.25, 0.3) is 11.8 Å². The van der Waals surface area contributed by atoms with Gasteiger partial charge in [-0.1, -0.05) is 24.3 Å². The van der Waals surface area contributed by atoms with Crippen molar-refractivity contribution in [2.24, 2.45) is 5.10 Å². The van der Waals surface area contributed by atoms with Gasteiger partial charge in [-0.05, 0) is 53.8 Å². The molecule has 41 heavy (non-hydrogen) atoms. The zero-order chi connectivity index (χ0) is 29.3. The Hall–Kier alpha value is -4.52. The quantitative estimate of drug-likeness (QED) is 0.371. The molecule has 1 N–H and O–H groups in total. The second-order valence-electron chi connectivity index (χ2n) is 9.45. The predicted molar refractivity (Wildman–Crippen MR) is 145 cm³/mol. The fourth-order valence-electron chi connectivity index (χ4n) is 4.87. The van der Waals surface area contributed by atoms with E-state index in [1.54, 1.807) is 12.1 Å². The molecular weight excluding hydrogens is 558 g/mol. The summed E-state index contributed by atoms with van der Waals surface area (Å²) in [5.74, 6) is -0.311. The molecule has 2 aliphatic heterocycles. The Labute approximate surface area is 238 Å². The lowest BCUT2D eigenvalue weighted by Crippen LogP contribution is -2.43. The Bertz CT molecular complexity index is 1500. The van der Waals surface area contributed by atoms with Crippen molar-refractivity contribution in [3.8, 4) is 17.2 Å². The molecule has 10 nitrogen and oxygen atoms in total. The molecule has 1 fully saturated rings. The first kappa shape index (κ1) is 28.0. The minimum atomic E-state index is -3.00. The highest BCUT2D eigenvalue weighted by Gasteiger charge is 2.50. The number of ether oxygens (including phenoxy) is 3. The topological polar surface area (TPSA) is 110 Å². The summed E-state index contributed by atoms with van der Waals surface area (Å²) in [5.41, 5.74) is 0.260. The van der Waals surface area contributed by atoms with Crippen molar-refractivity contribution in [2.45, 2.75) is 31.5 Å². The van der Waals surface area contributed by atoms with Crippen LogP contribution in [0.1, 0.15) is 35.4 Å². The van der Waals surface area contributed by atoms with Crippen LogP contribution in [0, 0.1) is 0 Å². The SMILES string of the molecule is COc1ccc(C2CC(c3cccs3)=NN2C(=O)CN2C(=O)NC(C)(c3ccc(OC(F)F)cc3)C2=O)cc1OC. The van der Waals surface area contributed by atoms with E-state index in [0.717, 1.165) is 15.3 Å². The smallest absolute Gasteiger partial charge is 0.387 e. The molecule has 1 saturated heterocycles. The van der Waals surface area contributed by atoms with E-state index in [2.05, 4.69) is 15.2 Å². The zero-order valence-electron chi connectivity index (χ0n) is 22.3. The van der Waals surface area contributed by atoms with Crippen LogP contribution in [0.25, 0.3) is 0 Å². The number of benzene rings is 2. The number of hydrazone groups is 1. The summed E-state index contributed by atoms with van der Waals surface area (Å²) in [5, 5.41) is 10.4. The zero-order valence-corrected chi connectivity index (χ0v) is 23.1. The van der Waals surface area contributed by atoms with E-state index in [1.807, 2.05) is 23.6 Å². The van der Waals surface area contributed by atoms with Crippen molar-refractivity contribution >= 4 is 34.9 Å². The first-order chi connectivity index (χ1) is 19.6. The molecule has 3 heterocycles. The van der Waals surface area contributed by atoms with E-state index in [9.17, 15) is 23.2 Å². The second kappa shape index (κ2) is 11.2. The number of imide groups is 1. The van der Waals surface area contributed by atoms with Crippen molar-refractivity contribution in [2.75, 3.05) is 20.8 Å². The van der Waals surface area contributed by atoms with E-state index >= 15 is 0 Å². The molecule has 2 aliphatic rings. The molecule has 4 amide bonds. The Morgan fingerprint density at radius 2 is 1.85 bits per heavy atom. The number of thiophene rings is 1. The first-order valence-corrected chi connectivity index (χ1v) is 13.4. The lowest BCUT2D eigenvalue weighted by molar-refractivity contribution is -0.140. The number of hydrogen-bond donors (Lipinski definition) is 1. The average Bonchev–Trinajstić information content (AvgIpc) is 3.69. The summed E-state index contributed by atoms with van der Waals surface area (Å²) in [7, 11) is 3.04. The van der Waals surface area contributed by atoms with Crippen LogP contribution in [-0.2, 0) is 15.1 Å². The largest absolute Gasteiger partial charge is 0.493 e. The highest BCUT2D eigenvalue weighted by molar-refractivity contribution is 7.12. The van der Waals surface area contributed by atoms with Gasteiger partial charge in [-0.15, -0.1) is 11.3 Å². The number of carbonyl (C=O) groups excluding carboxylic acids is 3. The molecule has 2 unspecified atom stereocenters. The van der Waals surface area contributed by atoms with Gasteiger partial charge in [0, 0.05) is 6.42 Å². The maximum Gasteiger partial charge on any atom is 0.387 e. The average molecular weight is 585 g/mol. The van der Waals surface area contributed by atoms with Crippen molar-refractivity contribution in [1.82, 2.24) is 15.2 Å². The van der Waals surface area contributed by atoms with Gasteiger partial charge in [-0.25, -0.2) is 9.80 Å². The van der Waals surface area contributed by atoms with Crippen LogP contribution in [0.4, 0.5) is 13.6 Å². The third-order valence-corrected chi connectivity index (χ3v) is 7.91. The number of rotatable bonds is 9. The van der Waals surface area contributed by atoms with Crippen molar-refractivity contribution in [3.05, 3.63) is 76.0 Å². The van der Waals surface area contributed by atoms with E-state index in [-0.39, 0.29) is 5.75 Å². The van der Waals surface area contributed by atoms with Gasteiger partial charge in [-0.3, -0.25) is 14.5 Å². The van der Waals surface area contributed by atoms with E-state index in [0.29, 0.717) is 29.2 Å². The fourth-order valence-corrected chi connectivity index (χ4v) is 5.59. The first-order valence-electron chi connectivity index (χ1n) is 12.5. The van der Waals surface area contributed by atoms with Crippen LogP contribution in [-0.4, -0.2) is 60.8 Å². The molecule has 0 saturated carbocycles. The minimum Gasteiger partial charge on any atom is -0.493 e. The summed E-state index contributed by atoms with van der Waals surface area (Å²) in [6.45, 7) is -2.07. The third-order valence-electron chi connectivity index (χ3n) is 6.99. The standard InChI is InChI=1S/C28H26F2N4O6S/c1-28(17-7-9-18(10-8-17)40-26(29)30)25(36)33(27(37)31-28)15-24(35)34-20(14-19(32-34)23-5-4-12-41-23)16-6-11-21(38-2)22(13-16)39-3/h4-13,20,26H,14-15H2,1-3H3,(H,31,37). The van der Waals surface area contributed by atoms with E-state index in [4.69, 9.17) is 9.47 Å². The van der Waals surface area contributed by atoms with Crippen molar-refractivity contribution < 1.29 is 37.4 Å². The minimum absolute atomic E-state index is 0.0919. The Morgan fingerprint density at radius 1 is 1.12 bits per heavy atom. The monoisotopic (exact) mass is 584 g/mol. The van der Waals surface area contributed by atoms with Crippen LogP contribution < -0.4 is 19.5 Å². The molecular formula is C28H26F2N4O6S. The van der Waals surface area contributed by atoms with Crippen LogP contribution in [0.2, 0.25) is 0 Å². The van der Waals surface area contributed by atoms with Gasteiger partial charge in [-0.2, -0.15) is 13.9 Å². The number of halogens is 2. The molecule has 3 aromatic rings. The van der Waals surface area contributed by atoms with Crippen LogP contribution >= 0.6 is 11.3 Å². The van der Waals surface area contributed by atoms with E-state index < -0.39 is 42.6 Å². The second-order valence-corrected chi connectivity index (χ2v) is 10.4. The van der Waals surface area contributed by atoms with Crippen LogP contribution in [0.15, 0.2) is 65.1 Å². The number of urea groups is 1. The number of methoxy groups -OCH3 is 2. The number of nitrogens with zero attached hydrogens (tertiary/aromatic N) is 3. The number of alkyl halides is 2. The van der Waals surface area contributed by atoms with Gasteiger partial charge in [0.05, 0.1) is 30.9 Å². The Morgan fingerprint density at radius 3 is 2.49 bits per heavy atom. The molecule has 0 bridgehead atoms. The molecule has 1 aromatic heterocycles. The molecule has 0 spiro atoms. The van der Waals surface area contributed by atoms with Crippen molar-refractivity contribution in [3.63, 3.8) is 0 Å². The number of amides is 4. The lowest BCUT2D eigenvalue weighted by atomic mass is 9.92. The number of hydrogen-bond acceptors (Lipinski definition) is 8. The highest BCUT2D eigenvalue weighted by Crippen LogP contribution is 2.38. The molecule has 214 valence electrons.